The molecule has 2 heterocycles. The average Bonchev–Trinajstić information content (AvgIpc) is 3.30. The van der Waals surface area contributed by atoms with Crippen molar-refractivity contribution >= 4 is 17.6 Å². The maximum absolute atomic E-state index is 12.4. The highest BCUT2D eigenvalue weighted by Gasteiger charge is 2.23. The van der Waals surface area contributed by atoms with Crippen molar-refractivity contribution in [3.05, 3.63) is 59.7 Å². The number of hydrogen-bond acceptors (Lipinski definition) is 7. The number of aromatic nitrogens is 1. The Morgan fingerprint density at radius 1 is 1.19 bits per heavy atom. The first-order valence-corrected chi connectivity index (χ1v) is 7.74. The number of rotatable bonds is 6. The lowest BCUT2D eigenvalue weighted by molar-refractivity contribution is -0.248. The molecule has 3 rings (SSSR count). The highest BCUT2D eigenvalue weighted by Crippen LogP contribution is 2.28. The van der Waals surface area contributed by atoms with E-state index in [-0.39, 0.29) is 11.5 Å². The van der Waals surface area contributed by atoms with Crippen LogP contribution < -0.4 is 4.74 Å². The molecular weight excluding hydrogens is 338 g/mol. The van der Waals surface area contributed by atoms with Gasteiger partial charge in [-0.05, 0) is 42.8 Å². The monoisotopic (exact) mass is 355 g/mol. The van der Waals surface area contributed by atoms with Gasteiger partial charge in [0, 0.05) is 0 Å². The van der Waals surface area contributed by atoms with Gasteiger partial charge < -0.3 is 13.6 Å². The molecule has 134 valence electrons. The number of carbonyl (C=O) groups excluding carboxylic acids is 1. The van der Waals surface area contributed by atoms with Crippen molar-refractivity contribution in [2.45, 2.75) is 6.92 Å². The molecule has 3 aromatic rings. The lowest BCUT2D eigenvalue weighted by Gasteiger charge is -2.05. The first kappa shape index (κ1) is 17.5. The Morgan fingerprint density at radius 3 is 2.73 bits per heavy atom. The predicted octanol–water partition coefficient (Wildman–Crippen LogP) is 3.90. The molecule has 0 aliphatic rings. The minimum Gasteiger partial charge on any atom is -0.497 e. The Morgan fingerprint density at radius 2 is 2.04 bits per heavy atom. The van der Waals surface area contributed by atoms with Gasteiger partial charge in [-0.25, -0.2) is 9.78 Å². The molecule has 0 aliphatic carbocycles. The second-order valence-corrected chi connectivity index (χ2v) is 5.27. The van der Waals surface area contributed by atoms with Crippen LogP contribution in [0.5, 0.6) is 5.75 Å². The molecule has 0 aliphatic heterocycles. The topological polar surface area (TPSA) is 83.9 Å². The summed E-state index contributed by atoms with van der Waals surface area (Å²) in [6, 6.07) is 10.7. The summed E-state index contributed by atoms with van der Waals surface area (Å²) in [5.74, 6) is 1.13. The maximum atomic E-state index is 12.4. The molecule has 0 atom stereocenters. The predicted molar refractivity (Wildman–Crippen MR) is 92.9 cm³/mol. The van der Waals surface area contributed by atoms with Gasteiger partial charge >= 0.3 is 5.97 Å². The average molecular weight is 355 g/mol. The largest absolute Gasteiger partial charge is 0.497 e. The van der Waals surface area contributed by atoms with Crippen LogP contribution >= 0.6 is 0 Å². The molecule has 0 fully saturated rings. The van der Waals surface area contributed by atoms with Crippen molar-refractivity contribution < 1.29 is 28.1 Å². The lowest BCUT2D eigenvalue weighted by Crippen LogP contribution is -2.07. The van der Waals surface area contributed by atoms with Crippen molar-refractivity contribution in [2.24, 2.45) is 0 Å². The van der Waals surface area contributed by atoms with Crippen molar-refractivity contribution in [2.75, 3.05) is 14.2 Å². The van der Waals surface area contributed by atoms with Gasteiger partial charge in [0.05, 0.1) is 26.1 Å². The number of ether oxygens (including phenoxy) is 1. The zero-order valence-corrected chi connectivity index (χ0v) is 14.5. The fourth-order valence-electron chi connectivity index (χ4n) is 2.39. The molecule has 2 aromatic heterocycles. The Bertz CT molecular complexity index is 923. The smallest absolute Gasteiger partial charge is 0.375 e. The summed E-state index contributed by atoms with van der Waals surface area (Å²) in [5.41, 5.74) is 1.25. The van der Waals surface area contributed by atoms with E-state index in [0.717, 1.165) is 5.56 Å². The summed E-state index contributed by atoms with van der Waals surface area (Å²) in [6.07, 6.45) is 3.14. The van der Waals surface area contributed by atoms with E-state index < -0.39 is 5.97 Å². The van der Waals surface area contributed by atoms with Crippen LogP contribution in [-0.2, 0) is 14.6 Å². The van der Waals surface area contributed by atoms with Crippen LogP contribution in [0, 0.1) is 6.92 Å². The second kappa shape index (κ2) is 7.71. The van der Waals surface area contributed by atoms with Crippen molar-refractivity contribution in [3.63, 3.8) is 0 Å². The van der Waals surface area contributed by atoms with E-state index >= 15 is 0 Å². The van der Waals surface area contributed by atoms with E-state index in [0.29, 0.717) is 23.0 Å². The van der Waals surface area contributed by atoms with Gasteiger partial charge in [0.2, 0.25) is 0 Å². The molecule has 0 saturated heterocycles. The first-order chi connectivity index (χ1) is 12.6. The highest BCUT2D eigenvalue weighted by molar-refractivity contribution is 6.21. The molecule has 0 N–H and O–H groups in total. The number of carbonyl (C=O) groups is 1. The van der Waals surface area contributed by atoms with Gasteiger partial charge in [-0.2, -0.15) is 4.89 Å². The van der Waals surface area contributed by atoms with Crippen LogP contribution in [0.25, 0.3) is 23.3 Å². The fourth-order valence-corrected chi connectivity index (χ4v) is 2.39. The number of methoxy groups -OCH3 is 1. The van der Waals surface area contributed by atoms with E-state index in [9.17, 15) is 4.79 Å². The van der Waals surface area contributed by atoms with Crippen LogP contribution in [-0.4, -0.2) is 25.2 Å². The van der Waals surface area contributed by atoms with E-state index in [4.69, 9.17) is 18.5 Å². The number of hydrogen-bond donors (Lipinski definition) is 0. The van der Waals surface area contributed by atoms with E-state index in [1.54, 1.807) is 44.4 Å². The third-order valence-corrected chi connectivity index (χ3v) is 3.57. The molecular formula is C19H17NO6. The summed E-state index contributed by atoms with van der Waals surface area (Å²) < 4.78 is 16.1. The number of nitrogens with zero attached hydrogens (tertiary/aromatic N) is 1. The molecule has 0 saturated carbocycles. The molecule has 7 heteroatoms. The van der Waals surface area contributed by atoms with Crippen molar-refractivity contribution in [1.29, 1.82) is 0 Å². The zero-order valence-electron chi connectivity index (χ0n) is 14.5. The number of oxazole rings is 1. The first-order valence-electron chi connectivity index (χ1n) is 7.74. The molecule has 7 nitrogen and oxygen atoms in total. The van der Waals surface area contributed by atoms with E-state index in [2.05, 4.69) is 9.87 Å². The van der Waals surface area contributed by atoms with Gasteiger partial charge in [0.1, 0.15) is 17.2 Å². The molecule has 0 bridgehead atoms. The summed E-state index contributed by atoms with van der Waals surface area (Å²) in [4.78, 5) is 26.0. The zero-order chi connectivity index (χ0) is 18.5. The third kappa shape index (κ3) is 3.68. The van der Waals surface area contributed by atoms with Crippen molar-refractivity contribution in [3.8, 4) is 17.4 Å². The fraction of sp³-hybridized carbons (Fsp3) is 0.158. The Balaban J connectivity index is 2.07. The van der Waals surface area contributed by atoms with Gasteiger partial charge in [-0.15, -0.1) is 0 Å². The molecule has 0 unspecified atom stereocenters. The minimum atomic E-state index is -0.697. The van der Waals surface area contributed by atoms with Crippen molar-refractivity contribution in [1.82, 2.24) is 4.98 Å². The Kier molecular flexibility index (Phi) is 5.19. The van der Waals surface area contributed by atoms with Crippen LogP contribution in [0.4, 0.5) is 0 Å². The number of furan rings is 1. The number of aryl methyl sites for hydroxylation is 1. The van der Waals surface area contributed by atoms with Gasteiger partial charge in [-0.1, -0.05) is 12.1 Å². The summed E-state index contributed by atoms with van der Waals surface area (Å²) in [7, 11) is 2.82. The summed E-state index contributed by atoms with van der Waals surface area (Å²) in [6.45, 7) is 1.70. The molecule has 0 amide bonds. The van der Waals surface area contributed by atoms with Gasteiger partial charge in [-0.3, -0.25) is 4.89 Å². The Hall–Kier alpha value is -3.32. The highest BCUT2D eigenvalue weighted by atomic mass is 17.2. The van der Waals surface area contributed by atoms with Gasteiger partial charge in [0.25, 0.3) is 5.89 Å². The molecule has 26 heavy (non-hydrogen) atoms. The molecule has 1 aromatic carbocycles. The van der Waals surface area contributed by atoms with Crippen LogP contribution in [0.15, 0.2) is 51.5 Å². The Labute approximate surface area is 149 Å². The van der Waals surface area contributed by atoms with E-state index in [1.165, 1.54) is 13.4 Å². The van der Waals surface area contributed by atoms with Gasteiger partial charge in [0.15, 0.2) is 5.76 Å². The maximum Gasteiger partial charge on any atom is 0.375 e. The lowest BCUT2D eigenvalue weighted by atomic mass is 10.1. The van der Waals surface area contributed by atoms with Crippen LogP contribution in [0.1, 0.15) is 17.0 Å². The third-order valence-electron chi connectivity index (χ3n) is 3.57. The quantitative estimate of drug-likeness (QED) is 0.377. The van der Waals surface area contributed by atoms with Crippen LogP contribution in [0.2, 0.25) is 0 Å². The summed E-state index contributed by atoms with van der Waals surface area (Å²) >= 11 is 0. The van der Waals surface area contributed by atoms with E-state index in [1.807, 2.05) is 12.1 Å². The standard InChI is InChI=1S/C19H17NO6/c1-12-17(20-18(25-12)16-8-5-9-24-16)15(19(21)26-23-3)11-13-6-4-7-14(10-13)22-2/h4-11H,1-3H3. The molecule has 0 spiro atoms. The minimum absolute atomic E-state index is 0.180. The number of benzene rings is 1. The normalized spacial score (nSPS) is 11.4. The SMILES string of the molecule is COOC(=O)C(=Cc1cccc(OC)c1)c1nc(-c2ccco2)oc1C. The van der Waals surface area contributed by atoms with Crippen LogP contribution in [0.3, 0.4) is 0 Å². The molecule has 0 radical (unpaired) electrons. The summed E-state index contributed by atoms with van der Waals surface area (Å²) in [5, 5.41) is 0. The second-order valence-electron chi connectivity index (χ2n) is 5.27.